The third-order valence-electron chi connectivity index (χ3n) is 11.5. The molecule has 1 atom stereocenters. The number of unbranched alkanes of at least 4 members (excludes halogenated alkanes) is 29. The Morgan fingerprint density at radius 2 is 0.587 bits per heavy atom. The standard InChI is InChI=1S/C57H100O6/c1-4-7-10-13-16-19-21-23-25-27-29-31-33-35-38-41-44-47-50-56(59)62-53-54(52-61-55(58)49-46-43-40-37-18-15-12-9-6-3)63-57(60)51-48-45-42-39-36-34-32-30-28-26-24-22-20-17-14-11-8-5-2/h25-32,37,40,54H,4-24,33-36,38-39,41-53H2,1-3H3/b27-25-,28-26-,31-29-,32-30-,40-37-. The van der Waals surface area contributed by atoms with Crippen molar-refractivity contribution >= 4 is 17.9 Å². The SMILES string of the molecule is CCCCCC/C=C\CCCC(=O)OCC(COC(=O)CCCCCCC/C=C\C=C/CCCCCCCCC)OC(=O)CCCCCCC/C=C\C=C/CCCCCCCCC. The molecule has 6 heteroatoms. The summed E-state index contributed by atoms with van der Waals surface area (Å²) in [5.41, 5.74) is 0. The highest BCUT2D eigenvalue weighted by Crippen LogP contribution is 2.14. The van der Waals surface area contributed by atoms with E-state index in [9.17, 15) is 14.4 Å². The number of hydrogen-bond acceptors (Lipinski definition) is 6. The molecule has 0 aliphatic heterocycles. The lowest BCUT2D eigenvalue weighted by atomic mass is 10.1. The molecule has 0 aromatic rings. The maximum Gasteiger partial charge on any atom is 0.306 e. The Kier molecular flexibility index (Phi) is 49.4. The van der Waals surface area contributed by atoms with Gasteiger partial charge in [0.05, 0.1) is 0 Å². The molecule has 0 saturated heterocycles. The van der Waals surface area contributed by atoms with Crippen LogP contribution in [0.2, 0.25) is 0 Å². The van der Waals surface area contributed by atoms with Crippen molar-refractivity contribution < 1.29 is 28.6 Å². The van der Waals surface area contributed by atoms with Gasteiger partial charge in [-0.25, -0.2) is 0 Å². The summed E-state index contributed by atoms with van der Waals surface area (Å²) in [6.45, 7) is 6.55. The van der Waals surface area contributed by atoms with E-state index in [0.717, 1.165) is 89.9 Å². The van der Waals surface area contributed by atoms with E-state index >= 15 is 0 Å². The first-order chi connectivity index (χ1) is 31.0. The van der Waals surface area contributed by atoms with E-state index in [1.165, 1.54) is 128 Å². The normalized spacial score (nSPS) is 12.5. The molecule has 0 aliphatic carbocycles. The van der Waals surface area contributed by atoms with Crippen molar-refractivity contribution in [1.82, 2.24) is 0 Å². The van der Waals surface area contributed by atoms with Gasteiger partial charge in [0.15, 0.2) is 6.10 Å². The third kappa shape index (κ3) is 50.0. The zero-order valence-electron chi connectivity index (χ0n) is 41.6. The molecule has 1 unspecified atom stereocenters. The van der Waals surface area contributed by atoms with Gasteiger partial charge < -0.3 is 14.2 Å². The highest BCUT2D eigenvalue weighted by Gasteiger charge is 2.19. The minimum Gasteiger partial charge on any atom is -0.462 e. The van der Waals surface area contributed by atoms with Crippen molar-refractivity contribution in [2.45, 2.75) is 271 Å². The van der Waals surface area contributed by atoms with Crippen molar-refractivity contribution in [3.8, 4) is 0 Å². The number of hydrogen-bond donors (Lipinski definition) is 0. The lowest BCUT2D eigenvalue weighted by Crippen LogP contribution is -2.30. The second kappa shape index (κ2) is 51.7. The smallest absolute Gasteiger partial charge is 0.306 e. The third-order valence-corrected chi connectivity index (χ3v) is 11.5. The molecule has 0 radical (unpaired) electrons. The molecular weight excluding hydrogens is 781 g/mol. The molecule has 0 rings (SSSR count). The number of esters is 3. The molecule has 0 bridgehead atoms. The minimum absolute atomic E-state index is 0.0969. The van der Waals surface area contributed by atoms with Gasteiger partial charge in [0.25, 0.3) is 0 Å². The lowest BCUT2D eigenvalue weighted by molar-refractivity contribution is -0.167. The summed E-state index contributed by atoms with van der Waals surface area (Å²) < 4.78 is 16.7. The highest BCUT2D eigenvalue weighted by atomic mass is 16.6. The molecule has 0 amide bonds. The van der Waals surface area contributed by atoms with Crippen LogP contribution in [0.15, 0.2) is 60.8 Å². The zero-order chi connectivity index (χ0) is 45.8. The lowest BCUT2D eigenvalue weighted by Gasteiger charge is -2.18. The van der Waals surface area contributed by atoms with Crippen LogP contribution in [0.3, 0.4) is 0 Å². The van der Waals surface area contributed by atoms with Crippen LogP contribution in [-0.2, 0) is 28.6 Å². The molecule has 0 aliphatic rings. The van der Waals surface area contributed by atoms with E-state index in [0.29, 0.717) is 25.7 Å². The summed E-state index contributed by atoms with van der Waals surface area (Å²) in [6, 6.07) is 0. The fourth-order valence-corrected chi connectivity index (χ4v) is 7.43. The van der Waals surface area contributed by atoms with Crippen LogP contribution in [0.4, 0.5) is 0 Å². The molecule has 0 spiro atoms. The molecule has 0 aromatic heterocycles. The quantitative estimate of drug-likeness (QED) is 0.0199. The van der Waals surface area contributed by atoms with Crippen LogP contribution in [0.5, 0.6) is 0 Å². The fraction of sp³-hybridized carbons (Fsp3) is 0.772. The fourth-order valence-electron chi connectivity index (χ4n) is 7.43. The topological polar surface area (TPSA) is 78.9 Å². The van der Waals surface area contributed by atoms with Crippen LogP contribution in [0.25, 0.3) is 0 Å². The maximum atomic E-state index is 12.8. The highest BCUT2D eigenvalue weighted by molar-refractivity contribution is 5.71. The Balaban J connectivity index is 4.38. The van der Waals surface area contributed by atoms with E-state index in [-0.39, 0.29) is 31.1 Å². The molecule has 0 saturated carbocycles. The summed E-state index contributed by atoms with van der Waals surface area (Å²) >= 11 is 0. The number of allylic oxidation sites excluding steroid dienone is 10. The predicted octanol–water partition coefficient (Wildman–Crippen LogP) is 17.6. The molecule has 364 valence electrons. The summed E-state index contributed by atoms with van der Waals surface area (Å²) in [5, 5.41) is 0. The monoisotopic (exact) mass is 881 g/mol. The van der Waals surface area contributed by atoms with E-state index in [4.69, 9.17) is 14.2 Å². The molecule has 0 N–H and O–H groups in total. The molecular formula is C57H100O6. The van der Waals surface area contributed by atoms with E-state index in [1.54, 1.807) is 0 Å². The molecule has 0 aromatic carbocycles. The summed E-state index contributed by atoms with van der Waals surface area (Å²) in [6.07, 6.45) is 63.6. The number of carbonyl (C=O) groups is 3. The number of carbonyl (C=O) groups excluding carboxylic acids is 3. The van der Waals surface area contributed by atoms with Crippen molar-refractivity contribution in [3.05, 3.63) is 60.8 Å². The largest absolute Gasteiger partial charge is 0.462 e. The van der Waals surface area contributed by atoms with Gasteiger partial charge in [0.2, 0.25) is 0 Å². The molecule has 0 heterocycles. The van der Waals surface area contributed by atoms with Gasteiger partial charge in [-0.05, 0) is 89.9 Å². The minimum atomic E-state index is -0.798. The summed E-state index contributed by atoms with van der Waals surface area (Å²) in [5.74, 6) is -0.958. The second-order valence-corrected chi connectivity index (χ2v) is 17.8. The Morgan fingerprint density at radius 3 is 0.968 bits per heavy atom. The zero-order valence-corrected chi connectivity index (χ0v) is 41.6. The van der Waals surface area contributed by atoms with Gasteiger partial charge in [-0.15, -0.1) is 0 Å². The van der Waals surface area contributed by atoms with Crippen LogP contribution < -0.4 is 0 Å². The number of rotatable bonds is 48. The Hall–Kier alpha value is -2.89. The first-order valence-electron chi connectivity index (χ1n) is 26.8. The van der Waals surface area contributed by atoms with Gasteiger partial charge in [-0.3, -0.25) is 14.4 Å². The van der Waals surface area contributed by atoms with Crippen LogP contribution in [0.1, 0.15) is 265 Å². The van der Waals surface area contributed by atoms with E-state index in [1.807, 2.05) is 0 Å². The first-order valence-corrected chi connectivity index (χ1v) is 26.8. The maximum absolute atomic E-state index is 12.8. The Bertz CT molecular complexity index is 1150. The van der Waals surface area contributed by atoms with Crippen LogP contribution >= 0.6 is 0 Å². The van der Waals surface area contributed by atoms with Gasteiger partial charge in [0, 0.05) is 19.3 Å². The van der Waals surface area contributed by atoms with Crippen molar-refractivity contribution in [1.29, 1.82) is 0 Å². The Morgan fingerprint density at radius 1 is 0.317 bits per heavy atom. The van der Waals surface area contributed by atoms with Crippen molar-refractivity contribution in [3.63, 3.8) is 0 Å². The number of ether oxygens (including phenoxy) is 3. The average molecular weight is 881 g/mol. The van der Waals surface area contributed by atoms with Crippen molar-refractivity contribution in [2.24, 2.45) is 0 Å². The van der Waals surface area contributed by atoms with Crippen LogP contribution in [0, 0.1) is 0 Å². The molecule has 63 heavy (non-hydrogen) atoms. The first kappa shape index (κ1) is 60.1. The molecule has 6 nitrogen and oxygen atoms in total. The second-order valence-electron chi connectivity index (χ2n) is 17.8. The van der Waals surface area contributed by atoms with Crippen LogP contribution in [-0.4, -0.2) is 37.2 Å². The van der Waals surface area contributed by atoms with Gasteiger partial charge in [-0.2, -0.15) is 0 Å². The van der Waals surface area contributed by atoms with E-state index in [2.05, 4.69) is 81.5 Å². The van der Waals surface area contributed by atoms with Crippen molar-refractivity contribution in [2.75, 3.05) is 13.2 Å². The average Bonchev–Trinajstić information content (AvgIpc) is 3.28. The molecule has 0 fully saturated rings. The predicted molar refractivity (Wildman–Crippen MR) is 270 cm³/mol. The Labute approximate surface area is 390 Å². The van der Waals surface area contributed by atoms with Gasteiger partial charge >= 0.3 is 17.9 Å². The van der Waals surface area contributed by atoms with Gasteiger partial charge in [0.1, 0.15) is 13.2 Å². The summed E-state index contributed by atoms with van der Waals surface area (Å²) in [4.78, 5) is 37.9. The summed E-state index contributed by atoms with van der Waals surface area (Å²) in [7, 11) is 0. The van der Waals surface area contributed by atoms with Gasteiger partial charge in [-0.1, -0.05) is 216 Å². The van der Waals surface area contributed by atoms with E-state index < -0.39 is 6.10 Å².